The fourth-order valence-electron chi connectivity index (χ4n) is 5.20. The standard InChI is InChI=1S/C22H39N3O2/c1-2-25(20-10-6-5-7-11-20)21(26)18-23-16-12-19(13-17-23)22(27)24-14-8-3-4-9-15-24/h19-20H,2-18H2,1H3. The molecule has 2 amide bonds. The summed E-state index contributed by atoms with van der Waals surface area (Å²) >= 11 is 0. The van der Waals surface area contributed by atoms with Gasteiger partial charge in [0.1, 0.15) is 0 Å². The van der Waals surface area contributed by atoms with Gasteiger partial charge in [-0.25, -0.2) is 0 Å². The van der Waals surface area contributed by atoms with Crippen LogP contribution in [-0.4, -0.2) is 71.8 Å². The fraction of sp³-hybridized carbons (Fsp3) is 0.909. The maximum Gasteiger partial charge on any atom is 0.236 e. The Hall–Kier alpha value is -1.10. The minimum atomic E-state index is 0.176. The molecule has 3 rings (SSSR count). The van der Waals surface area contributed by atoms with E-state index in [0.29, 0.717) is 24.4 Å². The van der Waals surface area contributed by atoms with Crippen LogP contribution in [0.15, 0.2) is 0 Å². The molecule has 1 aliphatic carbocycles. The van der Waals surface area contributed by atoms with Gasteiger partial charge in [-0.2, -0.15) is 0 Å². The summed E-state index contributed by atoms with van der Waals surface area (Å²) in [5, 5.41) is 0. The van der Waals surface area contributed by atoms with Gasteiger partial charge >= 0.3 is 0 Å². The minimum Gasteiger partial charge on any atom is -0.342 e. The number of likely N-dealkylation sites (tertiary alicyclic amines) is 2. The van der Waals surface area contributed by atoms with E-state index in [4.69, 9.17) is 0 Å². The zero-order chi connectivity index (χ0) is 19.1. The zero-order valence-corrected chi connectivity index (χ0v) is 17.3. The van der Waals surface area contributed by atoms with Crippen LogP contribution < -0.4 is 0 Å². The van der Waals surface area contributed by atoms with E-state index in [-0.39, 0.29) is 5.92 Å². The Morgan fingerprint density at radius 2 is 1.41 bits per heavy atom. The summed E-state index contributed by atoms with van der Waals surface area (Å²) in [5.74, 6) is 0.844. The maximum atomic E-state index is 12.9. The summed E-state index contributed by atoms with van der Waals surface area (Å²) < 4.78 is 0. The first kappa shape index (κ1) is 20.6. The van der Waals surface area contributed by atoms with Crippen LogP contribution in [0.3, 0.4) is 0 Å². The van der Waals surface area contributed by atoms with Gasteiger partial charge in [-0.05, 0) is 58.5 Å². The summed E-state index contributed by atoms with van der Waals surface area (Å²) in [7, 11) is 0. The lowest BCUT2D eigenvalue weighted by atomic mass is 9.93. The van der Waals surface area contributed by atoms with Crippen molar-refractivity contribution >= 4 is 11.8 Å². The van der Waals surface area contributed by atoms with Crippen LogP contribution in [0.25, 0.3) is 0 Å². The second-order valence-corrected chi connectivity index (χ2v) is 8.76. The van der Waals surface area contributed by atoms with Crippen LogP contribution >= 0.6 is 0 Å². The number of hydrogen-bond donors (Lipinski definition) is 0. The van der Waals surface area contributed by atoms with Crippen LogP contribution in [0, 0.1) is 5.92 Å². The summed E-state index contributed by atoms with van der Waals surface area (Å²) in [4.78, 5) is 32.2. The van der Waals surface area contributed by atoms with Gasteiger partial charge in [-0.15, -0.1) is 0 Å². The Morgan fingerprint density at radius 1 is 0.815 bits per heavy atom. The van der Waals surface area contributed by atoms with Crippen molar-refractivity contribution in [1.82, 2.24) is 14.7 Å². The molecule has 0 unspecified atom stereocenters. The first-order valence-electron chi connectivity index (χ1n) is 11.5. The number of rotatable bonds is 5. The summed E-state index contributed by atoms with van der Waals surface area (Å²) in [6.07, 6.45) is 12.9. The van der Waals surface area contributed by atoms with Crippen molar-refractivity contribution in [2.24, 2.45) is 5.92 Å². The lowest BCUT2D eigenvalue weighted by Gasteiger charge is -2.37. The third-order valence-corrected chi connectivity index (χ3v) is 6.89. The number of carbonyl (C=O) groups excluding carboxylic acids is 2. The molecule has 0 aromatic rings. The van der Waals surface area contributed by atoms with Gasteiger partial charge < -0.3 is 9.80 Å². The van der Waals surface area contributed by atoms with Gasteiger partial charge in [0.2, 0.25) is 11.8 Å². The minimum absolute atomic E-state index is 0.176. The topological polar surface area (TPSA) is 43.9 Å². The largest absolute Gasteiger partial charge is 0.342 e. The Bertz CT molecular complexity index is 474. The molecule has 27 heavy (non-hydrogen) atoms. The van der Waals surface area contributed by atoms with E-state index in [1.807, 2.05) is 0 Å². The molecule has 2 heterocycles. The molecular formula is C22H39N3O2. The van der Waals surface area contributed by atoms with E-state index < -0.39 is 0 Å². The lowest BCUT2D eigenvalue weighted by Crippen LogP contribution is -2.49. The van der Waals surface area contributed by atoms with Crippen molar-refractivity contribution in [2.45, 2.75) is 83.6 Å². The molecule has 154 valence electrons. The Labute approximate surface area is 165 Å². The van der Waals surface area contributed by atoms with Gasteiger partial charge in [0.25, 0.3) is 0 Å². The summed E-state index contributed by atoms with van der Waals surface area (Å²) in [6, 6.07) is 0.457. The predicted octanol–water partition coefficient (Wildman–Crippen LogP) is 3.28. The molecule has 0 aromatic heterocycles. The van der Waals surface area contributed by atoms with E-state index in [9.17, 15) is 9.59 Å². The Morgan fingerprint density at radius 3 is 2.00 bits per heavy atom. The molecule has 0 atom stereocenters. The van der Waals surface area contributed by atoms with E-state index in [2.05, 4.69) is 21.6 Å². The fourth-order valence-corrected chi connectivity index (χ4v) is 5.20. The van der Waals surface area contributed by atoms with Crippen molar-refractivity contribution in [3.05, 3.63) is 0 Å². The third kappa shape index (κ3) is 5.69. The molecule has 5 nitrogen and oxygen atoms in total. The summed E-state index contributed by atoms with van der Waals surface area (Å²) in [6.45, 7) is 7.14. The van der Waals surface area contributed by atoms with Gasteiger partial charge in [0.15, 0.2) is 0 Å². The molecule has 3 aliphatic rings. The highest BCUT2D eigenvalue weighted by molar-refractivity contribution is 5.80. The molecule has 0 bridgehead atoms. The third-order valence-electron chi connectivity index (χ3n) is 6.89. The van der Waals surface area contributed by atoms with Crippen molar-refractivity contribution in [1.29, 1.82) is 0 Å². The van der Waals surface area contributed by atoms with E-state index in [1.54, 1.807) is 0 Å². The quantitative estimate of drug-likeness (QED) is 0.738. The number of piperidine rings is 1. The smallest absolute Gasteiger partial charge is 0.236 e. The average Bonchev–Trinajstić information content (AvgIpc) is 2.99. The predicted molar refractivity (Wildman–Crippen MR) is 108 cm³/mol. The van der Waals surface area contributed by atoms with Crippen LogP contribution in [0.1, 0.15) is 77.6 Å². The van der Waals surface area contributed by atoms with E-state index in [0.717, 1.165) is 58.4 Å². The number of carbonyl (C=O) groups is 2. The monoisotopic (exact) mass is 377 g/mol. The van der Waals surface area contributed by atoms with Crippen LogP contribution in [0.5, 0.6) is 0 Å². The maximum absolute atomic E-state index is 12.9. The molecule has 0 radical (unpaired) electrons. The van der Waals surface area contributed by atoms with Crippen molar-refractivity contribution < 1.29 is 9.59 Å². The molecule has 0 aromatic carbocycles. The number of hydrogen-bond acceptors (Lipinski definition) is 3. The number of likely N-dealkylation sites (N-methyl/N-ethyl adjacent to an activating group) is 1. The van der Waals surface area contributed by atoms with Gasteiger partial charge in [0, 0.05) is 31.6 Å². The molecule has 1 saturated carbocycles. The first-order valence-corrected chi connectivity index (χ1v) is 11.5. The average molecular weight is 378 g/mol. The molecule has 3 fully saturated rings. The van der Waals surface area contributed by atoms with Crippen molar-refractivity contribution in [3.63, 3.8) is 0 Å². The first-order chi connectivity index (χ1) is 13.2. The van der Waals surface area contributed by atoms with Gasteiger partial charge in [-0.3, -0.25) is 14.5 Å². The second-order valence-electron chi connectivity index (χ2n) is 8.76. The normalized spacial score (nSPS) is 23.8. The Kier molecular flexibility index (Phi) is 7.98. The highest BCUT2D eigenvalue weighted by atomic mass is 16.2. The lowest BCUT2D eigenvalue weighted by molar-refractivity contribution is -0.138. The molecule has 2 aliphatic heterocycles. The van der Waals surface area contributed by atoms with Crippen molar-refractivity contribution in [3.8, 4) is 0 Å². The summed E-state index contributed by atoms with van der Waals surface area (Å²) in [5.41, 5.74) is 0. The van der Waals surface area contributed by atoms with Crippen LogP contribution in [0.2, 0.25) is 0 Å². The van der Waals surface area contributed by atoms with E-state index >= 15 is 0 Å². The molecule has 5 heteroatoms. The van der Waals surface area contributed by atoms with Gasteiger partial charge in [-0.1, -0.05) is 32.1 Å². The second kappa shape index (κ2) is 10.4. The highest BCUT2D eigenvalue weighted by Crippen LogP contribution is 2.24. The van der Waals surface area contributed by atoms with Gasteiger partial charge in [0.05, 0.1) is 6.54 Å². The molecule has 0 N–H and O–H groups in total. The van der Waals surface area contributed by atoms with Crippen LogP contribution in [0.4, 0.5) is 0 Å². The highest BCUT2D eigenvalue weighted by Gasteiger charge is 2.31. The molecule has 0 spiro atoms. The number of nitrogens with zero attached hydrogens (tertiary/aromatic N) is 3. The Balaban J connectivity index is 1.44. The molecule has 2 saturated heterocycles. The SMILES string of the molecule is CCN(C(=O)CN1CCC(C(=O)N2CCCCCC2)CC1)C1CCCCC1. The molecular weight excluding hydrogens is 338 g/mol. The van der Waals surface area contributed by atoms with E-state index in [1.165, 1.54) is 44.9 Å². The number of amides is 2. The van der Waals surface area contributed by atoms with Crippen molar-refractivity contribution in [2.75, 3.05) is 39.3 Å². The zero-order valence-electron chi connectivity index (χ0n) is 17.3. The van der Waals surface area contributed by atoms with Crippen LogP contribution in [-0.2, 0) is 9.59 Å².